The highest BCUT2D eigenvalue weighted by molar-refractivity contribution is 6.08. The summed E-state index contributed by atoms with van der Waals surface area (Å²) in [5, 5.41) is 0. The monoisotopic (exact) mass is 198 g/mol. The van der Waals surface area contributed by atoms with Crippen LogP contribution >= 0.6 is 0 Å². The average Bonchev–Trinajstić information content (AvgIpc) is 2.15. The van der Waals surface area contributed by atoms with Crippen LogP contribution in [-0.4, -0.2) is 5.78 Å². The molecule has 0 aliphatic carbocycles. The fraction of sp³-hybridized carbons (Fsp3) is 0.100. The SMILES string of the molecule is C#CC(=O)c1cccc(C(F)(F)F)c1. The van der Waals surface area contributed by atoms with E-state index >= 15 is 0 Å². The third-order valence-corrected chi connectivity index (χ3v) is 1.58. The van der Waals surface area contributed by atoms with E-state index in [1.807, 2.05) is 0 Å². The number of halogens is 3. The number of benzene rings is 1. The molecule has 1 aromatic rings. The van der Waals surface area contributed by atoms with Gasteiger partial charge in [-0.1, -0.05) is 12.1 Å². The van der Waals surface area contributed by atoms with Gasteiger partial charge in [0.05, 0.1) is 5.56 Å². The first-order valence-electron chi connectivity index (χ1n) is 3.63. The third-order valence-electron chi connectivity index (χ3n) is 1.58. The van der Waals surface area contributed by atoms with Gasteiger partial charge in [-0.3, -0.25) is 4.79 Å². The van der Waals surface area contributed by atoms with Crippen molar-refractivity contribution in [2.45, 2.75) is 6.18 Å². The number of terminal acetylenes is 1. The molecule has 0 fully saturated rings. The highest BCUT2D eigenvalue weighted by Crippen LogP contribution is 2.29. The smallest absolute Gasteiger partial charge is 0.279 e. The zero-order valence-corrected chi connectivity index (χ0v) is 6.93. The van der Waals surface area contributed by atoms with Gasteiger partial charge in [0.1, 0.15) is 0 Å². The molecule has 0 aliphatic rings. The van der Waals surface area contributed by atoms with Crippen molar-refractivity contribution in [1.29, 1.82) is 0 Å². The first-order valence-corrected chi connectivity index (χ1v) is 3.63. The van der Waals surface area contributed by atoms with Crippen molar-refractivity contribution in [1.82, 2.24) is 0 Å². The lowest BCUT2D eigenvalue weighted by Crippen LogP contribution is -2.06. The number of carbonyl (C=O) groups excluding carboxylic acids is 1. The molecule has 0 heterocycles. The van der Waals surface area contributed by atoms with Crippen molar-refractivity contribution in [3.63, 3.8) is 0 Å². The van der Waals surface area contributed by atoms with E-state index in [0.717, 1.165) is 18.2 Å². The van der Waals surface area contributed by atoms with E-state index in [2.05, 4.69) is 0 Å². The molecule has 0 amide bonds. The summed E-state index contributed by atoms with van der Waals surface area (Å²) in [6.07, 6.45) is 0.329. The third kappa shape index (κ3) is 2.13. The zero-order chi connectivity index (χ0) is 10.8. The summed E-state index contributed by atoms with van der Waals surface area (Å²) >= 11 is 0. The second kappa shape index (κ2) is 3.54. The Morgan fingerprint density at radius 3 is 2.50 bits per heavy atom. The molecule has 0 saturated heterocycles. The second-order valence-corrected chi connectivity index (χ2v) is 2.55. The topological polar surface area (TPSA) is 17.1 Å². The molecule has 1 nitrogen and oxygen atoms in total. The Labute approximate surface area is 78.5 Å². The summed E-state index contributed by atoms with van der Waals surface area (Å²) in [7, 11) is 0. The molecule has 0 N–H and O–H groups in total. The van der Waals surface area contributed by atoms with Gasteiger partial charge < -0.3 is 0 Å². The van der Waals surface area contributed by atoms with Gasteiger partial charge in [-0.25, -0.2) is 0 Å². The fourth-order valence-corrected chi connectivity index (χ4v) is 0.920. The Kier molecular flexibility index (Phi) is 2.61. The van der Waals surface area contributed by atoms with Crippen LogP contribution < -0.4 is 0 Å². The number of hydrogen-bond donors (Lipinski definition) is 0. The van der Waals surface area contributed by atoms with E-state index in [0.29, 0.717) is 0 Å². The van der Waals surface area contributed by atoms with Crippen molar-refractivity contribution in [2.24, 2.45) is 0 Å². The van der Waals surface area contributed by atoms with E-state index in [1.54, 1.807) is 5.92 Å². The summed E-state index contributed by atoms with van der Waals surface area (Å²) < 4.78 is 36.5. The van der Waals surface area contributed by atoms with Gasteiger partial charge in [0, 0.05) is 5.56 Å². The number of ketones is 1. The number of carbonyl (C=O) groups is 1. The van der Waals surface area contributed by atoms with Crippen molar-refractivity contribution in [3.05, 3.63) is 35.4 Å². The Morgan fingerprint density at radius 2 is 2.00 bits per heavy atom. The Bertz CT molecular complexity index is 399. The predicted molar refractivity (Wildman–Crippen MR) is 44.6 cm³/mol. The van der Waals surface area contributed by atoms with Gasteiger partial charge in [-0.05, 0) is 18.1 Å². The molecule has 0 bridgehead atoms. The molecule has 0 atom stereocenters. The lowest BCUT2D eigenvalue weighted by molar-refractivity contribution is -0.137. The first kappa shape index (κ1) is 10.3. The van der Waals surface area contributed by atoms with Gasteiger partial charge in [-0.2, -0.15) is 13.2 Å². The summed E-state index contributed by atoms with van der Waals surface area (Å²) in [4.78, 5) is 10.9. The average molecular weight is 198 g/mol. The zero-order valence-electron chi connectivity index (χ0n) is 6.93. The largest absolute Gasteiger partial charge is 0.416 e. The Hall–Kier alpha value is -1.76. The molecule has 0 aromatic heterocycles. The minimum Gasteiger partial charge on any atom is -0.279 e. The van der Waals surface area contributed by atoms with Crippen LogP contribution in [0.25, 0.3) is 0 Å². The van der Waals surface area contributed by atoms with E-state index < -0.39 is 17.5 Å². The summed E-state index contributed by atoms with van der Waals surface area (Å²) in [5.74, 6) is 1.00. The van der Waals surface area contributed by atoms with Gasteiger partial charge in [0.2, 0.25) is 5.78 Å². The van der Waals surface area contributed by atoms with E-state index in [9.17, 15) is 18.0 Å². The summed E-state index contributed by atoms with van der Waals surface area (Å²) in [6.45, 7) is 0. The maximum Gasteiger partial charge on any atom is 0.416 e. The minimum atomic E-state index is -4.45. The molecule has 1 rings (SSSR count). The molecule has 0 unspecified atom stereocenters. The summed E-state index contributed by atoms with van der Waals surface area (Å²) in [5.41, 5.74) is -0.999. The highest BCUT2D eigenvalue weighted by Gasteiger charge is 2.30. The quantitative estimate of drug-likeness (QED) is 0.385. The van der Waals surface area contributed by atoms with E-state index in [-0.39, 0.29) is 5.56 Å². The van der Waals surface area contributed by atoms with Gasteiger partial charge >= 0.3 is 6.18 Å². The molecule has 0 aliphatic heterocycles. The van der Waals surface area contributed by atoms with Crippen LogP contribution in [-0.2, 0) is 6.18 Å². The molecule has 1 aromatic carbocycles. The lowest BCUT2D eigenvalue weighted by atomic mass is 10.1. The number of alkyl halides is 3. The van der Waals surface area contributed by atoms with Crippen LogP contribution in [0, 0.1) is 12.3 Å². The molecule has 0 spiro atoms. The Morgan fingerprint density at radius 1 is 1.36 bits per heavy atom. The van der Waals surface area contributed by atoms with Crippen molar-refractivity contribution in [3.8, 4) is 12.3 Å². The predicted octanol–water partition coefficient (Wildman–Crippen LogP) is 2.52. The lowest BCUT2D eigenvalue weighted by Gasteiger charge is -2.06. The van der Waals surface area contributed by atoms with Crippen LogP contribution in [0.5, 0.6) is 0 Å². The van der Waals surface area contributed by atoms with Crippen molar-refractivity contribution >= 4 is 5.78 Å². The van der Waals surface area contributed by atoms with Crippen molar-refractivity contribution in [2.75, 3.05) is 0 Å². The van der Waals surface area contributed by atoms with Crippen molar-refractivity contribution < 1.29 is 18.0 Å². The fourth-order valence-electron chi connectivity index (χ4n) is 0.920. The second-order valence-electron chi connectivity index (χ2n) is 2.55. The maximum absolute atomic E-state index is 12.2. The molecule has 14 heavy (non-hydrogen) atoms. The maximum atomic E-state index is 12.2. The minimum absolute atomic E-state index is 0.123. The molecule has 4 heteroatoms. The molecule has 0 radical (unpaired) electrons. The molecular formula is C10H5F3O. The standard InChI is InChI=1S/C10H5F3O/c1-2-9(14)7-4-3-5-8(6-7)10(11,12)13/h1,3-6H. The number of hydrogen-bond acceptors (Lipinski definition) is 1. The molecular weight excluding hydrogens is 193 g/mol. The Balaban J connectivity index is 3.16. The normalized spacial score (nSPS) is 10.7. The summed E-state index contributed by atoms with van der Waals surface area (Å²) in [6, 6.07) is 4.01. The number of rotatable bonds is 1. The first-order chi connectivity index (χ1) is 6.45. The van der Waals surface area contributed by atoms with Crippen LogP contribution in [0.3, 0.4) is 0 Å². The van der Waals surface area contributed by atoms with E-state index in [4.69, 9.17) is 6.42 Å². The van der Waals surface area contributed by atoms with Crippen LogP contribution in [0.15, 0.2) is 24.3 Å². The van der Waals surface area contributed by atoms with Gasteiger partial charge in [0.15, 0.2) is 0 Å². The van der Waals surface area contributed by atoms with Crippen LogP contribution in [0.4, 0.5) is 13.2 Å². The highest BCUT2D eigenvalue weighted by atomic mass is 19.4. The molecule has 0 saturated carbocycles. The van der Waals surface area contributed by atoms with Crippen LogP contribution in [0.1, 0.15) is 15.9 Å². The number of Topliss-reactive ketones (excluding diaryl/α,β-unsaturated/α-hetero) is 1. The van der Waals surface area contributed by atoms with Crippen LogP contribution in [0.2, 0.25) is 0 Å². The molecule has 72 valence electrons. The van der Waals surface area contributed by atoms with Gasteiger partial charge in [0.25, 0.3) is 0 Å². The van der Waals surface area contributed by atoms with E-state index in [1.165, 1.54) is 6.07 Å². The van der Waals surface area contributed by atoms with Gasteiger partial charge in [-0.15, -0.1) is 6.42 Å².